The lowest BCUT2D eigenvalue weighted by molar-refractivity contribution is -0.143. The minimum atomic E-state index is -0.969. The van der Waals surface area contributed by atoms with E-state index in [4.69, 9.17) is 9.39 Å². The number of carbonyl (C=O) groups is 2. The molecule has 5 rings (SSSR count). The van der Waals surface area contributed by atoms with Gasteiger partial charge in [0.25, 0.3) is 0 Å². The molecule has 1 aromatic rings. The van der Waals surface area contributed by atoms with Gasteiger partial charge < -0.3 is 19.5 Å². The minimum absolute atomic E-state index is 0.0122. The molecule has 0 aromatic heterocycles. The third kappa shape index (κ3) is 6.06. The summed E-state index contributed by atoms with van der Waals surface area (Å²) in [5, 5.41) is 21.1. The quantitative estimate of drug-likeness (QED) is 0.226. The highest BCUT2D eigenvalue weighted by molar-refractivity contribution is 6.43. The lowest BCUT2D eigenvalue weighted by Crippen LogP contribution is -2.47. The summed E-state index contributed by atoms with van der Waals surface area (Å²) in [5.41, 5.74) is 6.22. The summed E-state index contributed by atoms with van der Waals surface area (Å²) in [6, 6.07) is 4.03. The summed E-state index contributed by atoms with van der Waals surface area (Å²) in [6.45, 7) is 6.40. The summed E-state index contributed by atoms with van der Waals surface area (Å²) < 4.78 is 11.8. The second-order valence-electron chi connectivity index (χ2n) is 12.7. The number of methoxy groups -OCH3 is 1. The number of rotatable bonds is 9. The summed E-state index contributed by atoms with van der Waals surface area (Å²) in [7, 11) is 0.700. The number of amides is 2. The van der Waals surface area contributed by atoms with Gasteiger partial charge in [0, 0.05) is 13.2 Å². The summed E-state index contributed by atoms with van der Waals surface area (Å²) in [4.78, 5) is 29.2. The molecule has 2 aliphatic heterocycles. The maximum Gasteiger partial charge on any atom is 0.455 e. The predicted molar refractivity (Wildman–Crippen MR) is 160 cm³/mol. The number of carbonyl (C=O) groups excluding carboxylic acids is 2. The standard InChI is InChI=1S/C33H46BNO6/c1-5-9-22(16-23-14-20(2)31(36)21(3)15-23)12-13-28-29-24(19-40-4)17-26-30(27(29)18-34(39)41-28)33(38)35(32(26)37)25-10-7-6-8-11-25/h14-16,25-28,30,36,39H,5-13,17-19H2,1-4H3/b22-16+/t26-,27+,28-,30-/m1/s1. The van der Waals surface area contributed by atoms with Gasteiger partial charge in [-0.15, -0.1) is 0 Å². The van der Waals surface area contributed by atoms with E-state index in [0.29, 0.717) is 31.5 Å². The van der Waals surface area contributed by atoms with E-state index in [9.17, 15) is 19.7 Å². The Kier molecular flexibility index (Phi) is 9.42. The van der Waals surface area contributed by atoms with Gasteiger partial charge in [0.1, 0.15) is 5.75 Å². The van der Waals surface area contributed by atoms with Gasteiger partial charge in [0.15, 0.2) is 0 Å². The number of likely N-dealkylation sites (tertiary alicyclic amines) is 1. The van der Waals surface area contributed by atoms with Crippen LogP contribution in [-0.2, 0) is 19.0 Å². The molecule has 4 atom stereocenters. The van der Waals surface area contributed by atoms with Crippen molar-refractivity contribution in [3.05, 3.63) is 45.5 Å². The summed E-state index contributed by atoms with van der Waals surface area (Å²) in [6.07, 6.45) is 11.2. The number of phenols is 1. The van der Waals surface area contributed by atoms with Crippen LogP contribution in [0.15, 0.2) is 28.9 Å². The molecular weight excluding hydrogens is 517 g/mol. The van der Waals surface area contributed by atoms with Crippen LogP contribution in [0.2, 0.25) is 6.32 Å². The molecule has 1 saturated carbocycles. The van der Waals surface area contributed by atoms with Crippen LogP contribution >= 0.6 is 0 Å². The number of aryl methyl sites for hydroxylation is 2. The van der Waals surface area contributed by atoms with Gasteiger partial charge in [-0.05, 0) is 105 Å². The first-order chi connectivity index (χ1) is 19.7. The van der Waals surface area contributed by atoms with Gasteiger partial charge >= 0.3 is 7.12 Å². The molecule has 2 N–H and O–H groups in total. The van der Waals surface area contributed by atoms with E-state index >= 15 is 0 Å². The number of fused-ring (bicyclic) bond motifs is 3. The second kappa shape index (κ2) is 12.8. The molecule has 0 bridgehead atoms. The number of allylic oxidation sites excluding steroid dienone is 1. The predicted octanol–water partition coefficient (Wildman–Crippen LogP) is 5.75. The van der Waals surface area contributed by atoms with Crippen molar-refractivity contribution in [3.63, 3.8) is 0 Å². The Morgan fingerprint density at radius 1 is 1.10 bits per heavy atom. The van der Waals surface area contributed by atoms with E-state index in [1.54, 1.807) is 12.0 Å². The summed E-state index contributed by atoms with van der Waals surface area (Å²) >= 11 is 0. The highest BCUT2D eigenvalue weighted by Gasteiger charge is 2.58. The zero-order valence-corrected chi connectivity index (χ0v) is 25.2. The monoisotopic (exact) mass is 563 g/mol. The smallest absolute Gasteiger partial charge is 0.455 e. The van der Waals surface area contributed by atoms with E-state index in [1.807, 2.05) is 26.0 Å². The van der Waals surface area contributed by atoms with Gasteiger partial charge in [-0.1, -0.05) is 44.3 Å². The maximum atomic E-state index is 13.9. The van der Waals surface area contributed by atoms with Crippen molar-refractivity contribution in [1.29, 1.82) is 0 Å². The first kappa shape index (κ1) is 30.1. The fourth-order valence-electron chi connectivity index (χ4n) is 8.01. The van der Waals surface area contributed by atoms with Gasteiger partial charge in [0.05, 0.1) is 24.5 Å². The molecule has 0 spiro atoms. The number of hydrogen-bond acceptors (Lipinski definition) is 6. The molecule has 2 saturated heterocycles. The minimum Gasteiger partial charge on any atom is -0.507 e. The Balaban J connectivity index is 1.41. The lowest BCUT2D eigenvalue weighted by Gasteiger charge is -2.43. The highest BCUT2D eigenvalue weighted by atomic mass is 16.5. The fourth-order valence-corrected chi connectivity index (χ4v) is 8.01. The highest BCUT2D eigenvalue weighted by Crippen LogP contribution is 2.51. The first-order valence-electron chi connectivity index (χ1n) is 15.6. The molecule has 8 heteroatoms. The molecule has 0 radical (unpaired) electrons. The van der Waals surface area contributed by atoms with Crippen molar-refractivity contribution in [3.8, 4) is 5.75 Å². The number of phenolic OH excluding ortho intramolecular Hbond substituents is 1. The average Bonchev–Trinajstić information content (AvgIpc) is 3.20. The third-order valence-corrected chi connectivity index (χ3v) is 9.78. The second-order valence-corrected chi connectivity index (χ2v) is 12.7. The average molecular weight is 564 g/mol. The number of benzene rings is 1. The Bertz CT molecular complexity index is 1200. The number of aromatic hydroxyl groups is 1. The van der Waals surface area contributed by atoms with Crippen molar-refractivity contribution in [2.24, 2.45) is 17.8 Å². The van der Waals surface area contributed by atoms with Crippen molar-refractivity contribution in [2.45, 2.75) is 103 Å². The lowest BCUT2D eigenvalue weighted by atomic mass is 9.58. The molecular formula is C33H46BNO6. The summed E-state index contributed by atoms with van der Waals surface area (Å²) in [5.74, 6) is -0.725. The van der Waals surface area contributed by atoms with E-state index in [1.165, 1.54) is 5.57 Å². The zero-order valence-electron chi connectivity index (χ0n) is 25.2. The van der Waals surface area contributed by atoms with Gasteiger partial charge in [-0.3, -0.25) is 14.5 Å². The van der Waals surface area contributed by atoms with Crippen LogP contribution in [0.25, 0.3) is 6.08 Å². The van der Waals surface area contributed by atoms with Crippen LogP contribution in [-0.4, -0.2) is 59.8 Å². The van der Waals surface area contributed by atoms with E-state index in [2.05, 4.69) is 13.0 Å². The Morgan fingerprint density at radius 2 is 1.80 bits per heavy atom. The molecule has 2 heterocycles. The molecule has 1 aromatic carbocycles. The number of ether oxygens (including phenoxy) is 1. The fraction of sp³-hybridized carbons (Fsp3) is 0.636. The molecule has 0 unspecified atom stereocenters. The van der Waals surface area contributed by atoms with Gasteiger partial charge in [-0.25, -0.2) is 0 Å². The van der Waals surface area contributed by atoms with Crippen molar-refractivity contribution in [2.75, 3.05) is 13.7 Å². The zero-order chi connectivity index (χ0) is 29.3. The van der Waals surface area contributed by atoms with Crippen molar-refractivity contribution < 1.29 is 29.1 Å². The van der Waals surface area contributed by atoms with E-state index < -0.39 is 13.0 Å². The molecule has 4 aliphatic rings. The van der Waals surface area contributed by atoms with Crippen LogP contribution in [0.4, 0.5) is 0 Å². The van der Waals surface area contributed by atoms with Crippen molar-refractivity contribution in [1.82, 2.24) is 4.90 Å². The Hall–Kier alpha value is -2.42. The largest absolute Gasteiger partial charge is 0.507 e. The molecule has 222 valence electrons. The number of nitrogens with zero attached hydrogens (tertiary/aromatic N) is 1. The molecule has 41 heavy (non-hydrogen) atoms. The van der Waals surface area contributed by atoms with Gasteiger partial charge in [0.2, 0.25) is 11.8 Å². The number of imide groups is 1. The Labute approximate surface area is 245 Å². The van der Waals surface area contributed by atoms with Crippen LogP contribution in [0.5, 0.6) is 5.75 Å². The van der Waals surface area contributed by atoms with Crippen LogP contribution in [0.1, 0.15) is 87.8 Å². The Morgan fingerprint density at radius 3 is 2.46 bits per heavy atom. The van der Waals surface area contributed by atoms with Crippen molar-refractivity contribution >= 4 is 25.0 Å². The maximum absolute atomic E-state index is 13.9. The van der Waals surface area contributed by atoms with Crippen LogP contribution in [0.3, 0.4) is 0 Å². The van der Waals surface area contributed by atoms with Gasteiger partial charge in [-0.2, -0.15) is 0 Å². The van der Waals surface area contributed by atoms with E-state index in [-0.39, 0.29) is 35.8 Å². The molecule has 2 amide bonds. The third-order valence-electron chi connectivity index (χ3n) is 9.78. The SMILES string of the molecule is CCC/C(=C\c1cc(C)c(O)c(C)c1)CC[C@H]1OB(O)C[C@H]2C1=C(COC)C[C@H]1C(=O)N(C3CCCCC3)C(=O)[C@H]12. The van der Waals surface area contributed by atoms with Crippen LogP contribution < -0.4 is 0 Å². The normalized spacial score (nSPS) is 27.5. The molecule has 7 nitrogen and oxygen atoms in total. The molecule has 2 aliphatic carbocycles. The molecule has 3 fully saturated rings. The first-order valence-corrected chi connectivity index (χ1v) is 15.6. The number of hydrogen-bond donors (Lipinski definition) is 2. The van der Waals surface area contributed by atoms with Crippen LogP contribution in [0, 0.1) is 31.6 Å². The topological polar surface area (TPSA) is 96.3 Å². The van der Waals surface area contributed by atoms with E-state index in [0.717, 1.165) is 79.2 Å².